The van der Waals surface area contributed by atoms with Gasteiger partial charge in [-0.05, 0) is 24.1 Å². The van der Waals surface area contributed by atoms with Crippen molar-refractivity contribution in [1.82, 2.24) is 0 Å². The summed E-state index contributed by atoms with van der Waals surface area (Å²) in [6, 6.07) is 5.11. The van der Waals surface area contributed by atoms with Crippen LogP contribution in [0.15, 0.2) is 28.7 Å². The minimum Gasteiger partial charge on any atom is -0.507 e. The van der Waals surface area contributed by atoms with Crippen molar-refractivity contribution in [3.63, 3.8) is 0 Å². The molecule has 3 nitrogen and oxygen atoms in total. The summed E-state index contributed by atoms with van der Waals surface area (Å²) in [4.78, 5) is 11.9. The second-order valence-electron chi connectivity index (χ2n) is 4.32. The summed E-state index contributed by atoms with van der Waals surface area (Å²) in [7, 11) is 0. The van der Waals surface area contributed by atoms with Crippen molar-refractivity contribution in [2.45, 2.75) is 6.42 Å². The number of allylic oxidation sites excluding steroid dienone is 2. The van der Waals surface area contributed by atoms with Gasteiger partial charge in [0.15, 0.2) is 5.76 Å². The number of rotatable bonds is 0. The number of fused-ring (bicyclic) bond motifs is 1. The first-order valence-corrected chi connectivity index (χ1v) is 5.25. The molecule has 0 aliphatic heterocycles. The van der Waals surface area contributed by atoms with Crippen LogP contribution >= 0.6 is 0 Å². The zero-order chi connectivity index (χ0) is 10.9. The lowest BCUT2D eigenvalue weighted by molar-refractivity contribution is 0.0906. The standard InChI is InChI=1S/C13H8O3/c14-8-2-1-3-9-11(8)10-6-4-7(5-6)12(15)13(10)16-9/h1-4,7,14H,5H2. The lowest BCUT2D eigenvalue weighted by atomic mass is 9.72. The number of hydrogen-bond donors (Lipinski definition) is 1. The predicted molar refractivity (Wildman–Crippen MR) is 58.3 cm³/mol. The Balaban J connectivity index is 2.22. The Morgan fingerprint density at radius 2 is 2.19 bits per heavy atom. The molecule has 1 atom stereocenters. The lowest BCUT2D eigenvalue weighted by Gasteiger charge is -2.29. The maximum absolute atomic E-state index is 11.9. The third kappa shape index (κ3) is 0.745. The first kappa shape index (κ1) is 8.16. The fourth-order valence-corrected chi connectivity index (χ4v) is 2.58. The van der Waals surface area contributed by atoms with E-state index < -0.39 is 0 Å². The van der Waals surface area contributed by atoms with Crippen molar-refractivity contribution in [2.24, 2.45) is 5.92 Å². The van der Waals surface area contributed by atoms with Gasteiger partial charge in [-0.2, -0.15) is 0 Å². The number of furan rings is 1. The molecule has 1 aromatic carbocycles. The SMILES string of the molecule is O=C1c2oc3cccc(O)c3c2C2=CC1C2. The quantitative estimate of drug-likeness (QED) is 0.730. The third-order valence-electron chi connectivity index (χ3n) is 3.42. The second kappa shape index (κ2) is 2.38. The van der Waals surface area contributed by atoms with Crippen molar-refractivity contribution < 1.29 is 14.3 Å². The molecule has 0 fully saturated rings. The third-order valence-corrected chi connectivity index (χ3v) is 3.42. The average molecular weight is 212 g/mol. The monoisotopic (exact) mass is 212 g/mol. The van der Waals surface area contributed by atoms with Gasteiger partial charge in [-0.15, -0.1) is 0 Å². The van der Waals surface area contributed by atoms with Gasteiger partial charge in [0.2, 0.25) is 5.78 Å². The van der Waals surface area contributed by atoms with Crippen LogP contribution in [-0.4, -0.2) is 10.9 Å². The number of benzene rings is 1. The van der Waals surface area contributed by atoms with Crippen LogP contribution in [0, 0.1) is 5.92 Å². The molecule has 2 aromatic rings. The van der Waals surface area contributed by atoms with Crippen molar-refractivity contribution in [1.29, 1.82) is 0 Å². The molecule has 1 heterocycles. The molecule has 0 radical (unpaired) electrons. The van der Waals surface area contributed by atoms with Crippen molar-refractivity contribution >= 4 is 22.3 Å². The first-order valence-electron chi connectivity index (χ1n) is 5.25. The van der Waals surface area contributed by atoms with E-state index >= 15 is 0 Å². The number of phenols is 1. The second-order valence-corrected chi connectivity index (χ2v) is 4.32. The molecule has 0 amide bonds. The van der Waals surface area contributed by atoms with Crippen molar-refractivity contribution in [3.05, 3.63) is 35.6 Å². The van der Waals surface area contributed by atoms with E-state index in [9.17, 15) is 9.90 Å². The molecule has 5 rings (SSSR count). The molecule has 2 bridgehead atoms. The van der Waals surface area contributed by atoms with Gasteiger partial charge in [0.05, 0.1) is 5.39 Å². The summed E-state index contributed by atoms with van der Waals surface area (Å²) < 4.78 is 5.53. The van der Waals surface area contributed by atoms with E-state index in [1.54, 1.807) is 18.2 Å². The molecule has 1 N–H and O–H groups in total. The van der Waals surface area contributed by atoms with E-state index in [1.165, 1.54) is 0 Å². The first-order chi connectivity index (χ1) is 7.75. The van der Waals surface area contributed by atoms with E-state index in [-0.39, 0.29) is 17.5 Å². The van der Waals surface area contributed by atoms with E-state index in [0.29, 0.717) is 16.7 Å². The van der Waals surface area contributed by atoms with E-state index in [1.807, 2.05) is 6.08 Å². The number of ketones is 1. The Hall–Kier alpha value is -2.03. The van der Waals surface area contributed by atoms with Crippen molar-refractivity contribution in [3.8, 4) is 5.75 Å². The molecule has 1 unspecified atom stereocenters. The van der Waals surface area contributed by atoms with Crippen LogP contribution in [0.25, 0.3) is 16.5 Å². The van der Waals surface area contributed by atoms with E-state index in [2.05, 4.69) is 0 Å². The maximum Gasteiger partial charge on any atom is 0.205 e. The van der Waals surface area contributed by atoms with Crippen LogP contribution in [0.2, 0.25) is 0 Å². The molecular weight excluding hydrogens is 204 g/mol. The normalized spacial score (nSPS) is 21.6. The summed E-state index contributed by atoms with van der Waals surface area (Å²) in [6.45, 7) is 0. The highest BCUT2D eigenvalue weighted by Gasteiger charge is 2.40. The summed E-state index contributed by atoms with van der Waals surface area (Å²) in [5, 5.41) is 10.5. The topological polar surface area (TPSA) is 50.4 Å². The number of phenolic OH excluding ortho intramolecular Hbond substituents is 1. The van der Waals surface area contributed by atoms with Crippen molar-refractivity contribution in [2.75, 3.05) is 0 Å². The maximum atomic E-state index is 11.9. The Bertz CT molecular complexity index is 676. The highest BCUT2D eigenvalue weighted by molar-refractivity contribution is 6.15. The van der Waals surface area contributed by atoms with Crippen LogP contribution in [0.4, 0.5) is 0 Å². The zero-order valence-electron chi connectivity index (χ0n) is 8.36. The lowest BCUT2D eigenvalue weighted by Crippen LogP contribution is -2.26. The number of carbonyl (C=O) groups excluding carboxylic acids is 1. The van der Waals surface area contributed by atoms with Crippen LogP contribution in [0.3, 0.4) is 0 Å². The molecule has 78 valence electrons. The van der Waals surface area contributed by atoms with Gasteiger partial charge in [0, 0.05) is 11.5 Å². The van der Waals surface area contributed by atoms with Gasteiger partial charge < -0.3 is 9.52 Å². The molecule has 1 aromatic heterocycles. The van der Waals surface area contributed by atoms with Crippen LogP contribution < -0.4 is 0 Å². The van der Waals surface area contributed by atoms with E-state index in [4.69, 9.17) is 4.42 Å². The molecule has 0 spiro atoms. The molecule has 3 aliphatic rings. The smallest absolute Gasteiger partial charge is 0.205 e. The minimum absolute atomic E-state index is 0.00482. The fraction of sp³-hybridized carbons (Fsp3) is 0.154. The Labute approximate surface area is 91.0 Å². The van der Waals surface area contributed by atoms with Gasteiger partial charge in [-0.1, -0.05) is 12.1 Å². The molecule has 3 aliphatic carbocycles. The Kier molecular flexibility index (Phi) is 1.21. The zero-order valence-corrected chi connectivity index (χ0v) is 8.36. The molecule has 0 saturated carbocycles. The molecular formula is C13H8O3. The fourth-order valence-electron chi connectivity index (χ4n) is 2.58. The number of carbonyl (C=O) groups is 1. The summed E-state index contributed by atoms with van der Waals surface area (Å²) in [5.41, 5.74) is 2.52. The van der Waals surface area contributed by atoms with Gasteiger partial charge in [-0.3, -0.25) is 4.79 Å². The summed E-state index contributed by atoms with van der Waals surface area (Å²) in [6.07, 6.45) is 2.75. The molecule has 16 heavy (non-hydrogen) atoms. The average Bonchev–Trinajstić information content (AvgIpc) is 2.57. The number of Topliss-reactive ketones (excluding diaryl/α,β-unsaturated/α-hetero) is 1. The van der Waals surface area contributed by atoms with E-state index in [0.717, 1.165) is 17.6 Å². The van der Waals surface area contributed by atoms with Crippen LogP contribution in [0.5, 0.6) is 5.75 Å². The van der Waals surface area contributed by atoms with Crippen LogP contribution in [0.1, 0.15) is 22.5 Å². The minimum atomic E-state index is 0.00482. The highest BCUT2D eigenvalue weighted by Crippen LogP contribution is 2.49. The van der Waals surface area contributed by atoms with Gasteiger partial charge in [0.25, 0.3) is 0 Å². The number of hydrogen-bond acceptors (Lipinski definition) is 3. The van der Waals surface area contributed by atoms with Gasteiger partial charge in [-0.25, -0.2) is 0 Å². The largest absolute Gasteiger partial charge is 0.507 e. The predicted octanol–water partition coefficient (Wildman–Crippen LogP) is 2.74. The molecule has 3 heteroatoms. The summed E-state index contributed by atoms with van der Waals surface area (Å²) >= 11 is 0. The Morgan fingerprint density at radius 3 is 3.00 bits per heavy atom. The highest BCUT2D eigenvalue weighted by atomic mass is 16.3. The van der Waals surface area contributed by atoms with Gasteiger partial charge >= 0.3 is 0 Å². The number of aromatic hydroxyl groups is 1. The van der Waals surface area contributed by atoms with Crippen LogP contribution in [-0.2, 0) is 0 Å². The Morgan fingerprint density at radius 1 is 1.38 bits per heavy atom. The van der Waals surface area contributed by atoms with Gasteiger partial charge in [0.1, 0.15) is 11.3 Å². The summed E-state index contributed by atoms with van der Waals surface area (Å²) in [5.74, 6) is 0.651. The molecule has 0 saturated heterocycles.